The Bertz CT molecular complexity index is 854. The van der Waals surface area contributed by atoms with E-state index in [1.54, 1.807) is 33.5 Å². The van der Waals surface area contributed by atoms with E-state index in [0.29, 0.717) is 5.56 Å². The Hall–Kier alpha value is -1.24. The highest BCUT2D eigenvalue weighted by Crippen LogP contribution is 2.34. The van der Waals surface area contributed by atoms with Crippen LogP contribution in [0.4, 0.5) is 0 Å². The first-order valence-electron chi connectivity index (χ1n) is 9.02. The van der Waals surface area contributed by atoms with Crippen LogP contribution in [-0.4, -0.2) is 44.9 Å². The summed E-state index contributed by atoms with van der Waals surface area (Å²) in [6, 6.07) is 7.25. The average molecular weight is 658 g/mol. The lowest BCUT2D eigenvalue weighted by molar-refractivity contribution is 0.0508. The molecule has 0 aromatic heterocycles. The topological polar surface area (TPSA) is 77.4 Å². The Morgan fingerprint density at radius 1 is 1.00 bits per heavy atom. The molecule has 0 saturated heterocycles. The molecule has 2 aromatic rings. The molecule has 0 spiro atoms. The van der Waals surface area contributed by atoms with E-state index in [9.17, 15) is 5.11 Å². The van der Waals surface area contributed by atoms with Crippen LogP contribution in [0.25, 0.3) is 5.57 Å². The Labute approximate surface area is 212 Å². The number of methoxy groups -OCH3 is 3. The van der Waals surface area contributed by atoms with Gasteiger partial charge in [0.05, 0.1) is 21.4 Å². The van der Waals surface area contributed by atoms with E-state index >= 15 is 0 Å². The second-order valence-electron chi connectivity index (χ2n) is 6.44. The zero-order valence-corrected chi connectivity index (χ0v) is 22.1. The molecule has 1 atom stereocenters. The second kappa shape index (κ2) is 14.8. The molecule has 0 aliphatic heterocycles. The van der Waals surface area contributed by atoms with Gasteiger partial charge in [0.1, 0.15) is 23.0 Å². The summed E-state index contributed by atoms with van der Waals surface area (Å²) in [5.41, 5.74) is 2.58. The normalized spacial score (nSPS) is 10.8. The molecule has 0 radical (unpaired) electrons. The van der Waals surface area contributed by atoms with Gasteiger partial charge in [0.25, 0.3) is 0 Å². The number of phenols is 1. The summed E-state index contributed by atoms with van der Waals surface area (Å²) in [5, 5.41) is 18.6. The predicted octanol–water partition coefficient (Wildman–Crippen LogP) is 6.05. The third-order valence-corrected chi connectivity index (χ3v) is 5.84. The van der Waals surface area contributed by atoms with Gasteiger partial charge in [-0.15, -0.1) is 0 Å². The smallest absolute Gasteiger partial charge is 0.188 e. The van der Waals surface area contributed by atoms with E-state index < -0.39 is 0 Å². The highest BCUT2D eigenvalue weighted by Gasteiger charge is 2.13. The van der Waals surface area contributed by atoms with Crippen LogP contribution < -0.4 is 14.2 Å². The van der Waals surface area contributed by atoms with Crippen molar-refractivity contribution in [1.29, 1.82) is 0 Å². The quantitative estimate of drug-likeness (QED) is 0.266. The molecular formula is C23H32I2O6. The maximum absolute atomic E-state index is 9.64. The number of allylic oxidation sites excluding steroid dienone is 1. The molecule has 2 N–H and O–H groups in total. The standard InChI is InChI=1S/C12H15IO3.C10H13IO3.CH4/c1-8(2)9-5-12(15-4)10(13)6-11(9)16-7-14-3;1-6(5-12)7-3-10(14-2)8(11)4-9(7)13;/h5-6H,1,7H2,2-4H3;3-4,6,12-13H,5H2,1-2H3;1H4. The third-order valence-electron chi connectivity index (χ3n) is 4.15. The minimum atomic E-state index is -0.0825. The van der Waals surface area contributed by atoms with Crippen molar-refractivity contribution in [2.24, 2.45) is 0 Å². The van der Waals surface area contributed by atoms with Crippen LogP contribution in [0.1, 0.15) is 38.3 Å². The maximum atomic E-state index is 9.64. The maximum Gasteiger partial charge on any atom is 0.188 e. The molecule has 0 bridgehead atoms. The lowest BCUT2D eigenvalue weighted by atomic mass is 10.0. The molecular weight excluding hydrogens is 626 g/mol. The molecule has 0 fully saturated rings. The van der Waals surface area contributed by atoms with Crippen LogP contribution in [-0.2, 0) is 4.74 Å². The van der Waals surface area contributed by atoms with Crippen LogP contribution in [0.5, 0.6) is 23.0 Å². The lowest BCUT2D eigenvalue weighted by Gasteiger charge is -2.13. The monoisotopic (exact) mass is 658 g/mol. The molecule has 0 aliphatic rings. The van der Waals surface area contributed by atoms with Crippen LogP contribution in [0.3, 0.4) is 0 Å². The number of phenolic OH excluding ortho intramolecular Hbond substituents is 1. The van der Waals surface area contributed by atoms with Gasteiger partial charge in [-0.1, -0.05) is 20.9 Å². The molecule has 31 heavy (non-hydrogen) atoms. The molecule has 0 aliphatic carbocycles. The highest BCUT2D eigenvalue weighted by molar-refractivity contribution is 14.1. The van der Waals surface area contributed by atoms with Gasteiger partial charge in [0, 0.05) is 30.8 Å². The third kappa shape index (κ3) is 8.66. The van der Waals surface area contributed by atoms with Gasteiger partial charge in [0.15, 0.2) is 6.79 Å². The summed E-state index contributed by atoms with van der Waals surface area (Å²) in [4.78, 5) is 0. The molecule has 174 valence electrons. The minimum Gasteiger partial charge on any atom is -0.508 e. The van der Waals surface area contributed by atoms with Gasteiger partial charge < -0.3 is 29.2 Å². The first-order valence-corrected chi connectivity index (χ1v) is 11.2. The number of rotatable bonds is 8. The number of hydrogen-bond acceptors (Lipinski definition) is 6. The molecule has 2 aromatic carbocycles. The Kier molecular flexibility index (Phi) is 14.2. The van der Waals surface area contributed by atoms with Gasteiger partial charge in [-0.2, -0.15) is 0 Å². The fourth-order valence-electron chi connectivity index (χ4n) is 2.48. The summed E-state index contributed by atoms with van der Waals surface area (Å²) in [7, 11) is 4.83. The second-order valence-corrected chi connectivity index (χ2v) is 8.77. The SMILES string of the molecule is C.C=C(C)c1cc(OC)c(I)cc1OCOC.COc1cc(C(C)CO)c(O)cc1I. The number of ether oxygens (including phenoxy) is 4. The van der Waals surface area contributed by atoms with Gasteiger partial charge in [-0.25, -0.2) is 0 Å². The number of benzene rings is 2. The fourth-order valence-corrected chi connectivity index (χ4v) is 3.80. The summed E-state index contributed by atoms with van der Waals surface area (Å²) in [6.07, 6.45) is 0. The summed E-state index contributed by atoms with van der Waals surface area (Å²) in [6.45, 7) is 7.94. The minimum absolute atomic E-state index is 0. The molecule has 0 heterocycles. The zero-order valence-electron chi connectivity index (χ0n) is 17.8. The summed E-state index contributed by atoms with van der Waals surface area (Å²) >= 11 is 4.29. The average Bonchev–Trinajstić information content (AvgIpc) is 2.72. The van der Waals surface area contributed by atoms with Crippen molar-refractivity contribution < 1.29 is 29.2 Å². The van der Waals surface area contributed by atoms with Crippen LogP contribution in [0.15, 0.2) is 30.8 Å². The van der Waals surface area contributed by atoms with Crippen molar-refractivity contribution >= 4 is 50.8 Å². The molecule has 8 heteroatoms. The number of halogens is 2. The van der Waals surface area contributed by atoms with Crippen molar-refractivity contribution in [3.05, 3.63) is 49.1 Å². The Balaban J connectivity index is 0.000000567. The van der Waals surface area contributed by atoms with Gasteiger partial charge in [-0.05, 0) is 81.9 Å². The van der Waals surface area contributed by atoms with E-state index in [0.717, 1.165) is 35.5 Å². The van der Waals surface area contributed by atoms with E-state index in [1.807, 2.05) is 26.0 Å². The van der Waals surface area contributed by atoms with Crippen LogP contribution >= 0.6 is 45.2 Å². The molecule has 0 saturated carbocycles. The Morgan fingerprint density at radius 3 is 2.03 bits per heavy atom. The van der Waals surface area contributed by atoms with Crippen molar-refractivity contribution in [2.45, 2.75) is 27.2 Å². The summed E-state index contributed by atoms with van der Waals surface area (Å²) in [5.74, 6) is 2.43. The van der Waals surface area contributed by atoms with Crippen LogP contribution in [0.2, 0.25) is 0 Å². The molecule has 0 amide bonds. The van der Waals surface area contributed by atoms with Gasteiger partial charge >= 0.3 is 0 Å². The van der Waals surface area contributed by atoms with Crippen molar-refractivity contribution in [3.63, 3.8) is 0 Å². The zero-order chi connectivity index (χ0) is 22.8. The lowest BCUT2D eigenvalue weighted by Crippen LogP contribution is -2.02. The van der Waals surface area contributed by atoms with Crippen molar-refractivity contribution in [3.8, 4) is 23.0 Å². The van der Waals surface area contributed by atoms with E-state index in [2.05, 4.69) is 51.8 Å². The van der Waals surface area contributed by atoms with E-state index in [1.165, 1.54) is 0 Å². The fraction of sp³-hybridized carbons (Fsp3) is 0.391. The predicted molar refractivity (Wildman–Crippen MR) is 143 cm³/mol. The molecule has 1 unspecified atom stereocenters. The Morgan fingerprint density at radius 2 is 1.55 bits per heavy atom. The van der Waals surface area contributed by atoms with E-state index in [-0.39, 0.29) is 32.5 Å². The highest BCUT2D eigenvalue weighted by atomic mass is 127. The largest absolute Gasteiger partial charge is 0.508 e. The summed E-state index contributed by atoms with van der Waals surface area (Å²) < 4.78 is 22.6. The molecule has 6 nitrogen and oxygen atoms in total. The van der Waals surface area contributed by atoms with Crippen molar-refractivity contribution in [1.82, 2.24) is 0 Å². The first kappa shape index (κ1) is 29.8. The molecule has 2 rings (SSSR count). The van der Waals surface area contributed by atoms with Gasteiger partial charge in [0.2, 0.25) is 0 Å². The number of aromatic hydroxyl groups is 1. The number of aliphatic hydroxyl groups is 1. The van der Waals surface area contributed by atoms with Crippen molar-refractivity contribution in [2.75, 3.05) is 34.7 Å². The number of aliphatic hydroxyl groups excluding tert-OH is 1. The first-order chi connectivity index (χ1) is 14.2. The van der Waals surface area contributed by atoms with E-state index in [4.69, 9.17) is 24.1 Å². The number of hydrogen-bond donors (Lipinski definition) is 2. The van der Waals surface area contributed by atoms with Gasteiger partial charge in [-0.3, -0.25) is 0 Å². The van der Waals surface area contributed by atoms with Crippen LogP contribution in [0, 0.1) is 7.14 Å².